The maximum Gasteiger partial charge on any atom is 0.237 e. The summed E-state index contributed by atoms with van der Waals surface area (Å²) in [4.78, 5) is 17.3. The molecule has 146 valence electrons. The molecule has 2 aliphatic rings. The van der Waals surface area contributed by atoms with E-state index in [1.807, 2.05) is 14.0 Å². The molecular weight excluding hydrogens is 318 g/mol. The van der Waals surface area contributed by atoms with Gasteiger partial charge in [0.2, 0.25) is 5.91 Å². The van der Waals surface area contributed by atoms with E-state index in [-0.39, 0.29) is 17.5 Å². The molecule has 6 heteroatoms. The molecule has 0 aromatic rings. The van der Waals surface area contributed by atoms with Crippen LogP contribution in [0.1, 0.15) is 45.4 Å². The van der Waals surface area contributed by atoms with Crippen LogP contribution in [0.2, 0.25) is 0 Å². The molecule has 25 heavy (non-hydrogen) atoms. The summed E-state index contributed by atoms with van der Waals surface area (Å²) in [5, 5.41) is 3.27. The molecule has 1 saturated heterocycles. The number of hydrogen-bond donors (Lipinski definition) is 1. The van der Waals surface area contributed by atoms with E-state index in [1.165, 1.54) is 32.1 Å². The molecule has 6 nitrogen and oxygen atoms in total. The lowest BCUT2D eigenvalue weighted by Gasteiger charge is -2.48. The normalized spacial score (nSPS) is 22.7. The summed E-state index contributed by atoms with van der Waals surface area (Å²) in [7, 11) is 3.73. The molecule has 2 rings (SSSR count). The van der Waals surface area contributed by atoms with Gasteiger partial charge in [0.05, 0.1) is 19.3 Å². The number of amides is 1. The van der Waals surface area contributed by atoms with E-state index >= 15 is 0 Å². The van der Waals surface area contributed by atoms with Crippen LogP contribution in [0.4, 0.5) is 0 Å². The fraction of sp³-hybridized carbons (Fsp3) is 0.947. The largest absolute Gasteiger partial charge is 0.385 e. The minimum Gasteiger partial charge on any atom is -0.385 e. The fourth-order valence-corrected chi connectivity index (χ4v) is 4.10. The Hall–Kier alpha value is -0.690. The van der Waals surface area contributed by atoms with E-state index in [9.17, 15) is 4.79 Å². The second-order valence-electron chi connectivity index (χ2n) is 7.61. The van der Waals surface area contributed by atoms with Crippen LogP contribution in [-0.2, 0) is 14.3 Å². The molecule has 1 aliphatic carbocycles. The van der Waals surface area contributed by atoms with Crippen molar-refractivity contribution in [3.63, 3.8) is 0 Å². The standard InChI is InChI=1S/C19H37N3O3/c1-17(21(2)10-7-13-24-3)18(23)20-16-19(8-5-4-6-9-19)22-11-14-25-15-12-22/h17H,4-16H2,1-3H3,(H,20,23). The summed E-state index contributed by atoms with van der Waals surface area (Å²) < 4.78 is 10.6. The number of morpholine rings is 1. The van der Waals surface area contributed by atoms with Crippen LogP contribution in [0.15, 0.2) is 0 Å². The van der Waals surface area contributed by atoms with Gasteiger partial charge < -0.3 is 14.8 Å². The Kier molecular flexibility index (Phi) is 8.62. The first kappa shape index (κ1) is 20.6. The summed E-state index contributed by atoms with van der Waals surface area (Å²) in [5.41, 5.74) is 0.131. The molecule has 2 fully saturated rings. The van der Waals surface area contributed by atoms with Gasteiger partial charge >= 0.3 is 0 Å². The first-order chi connectivity index (χ1) is 12.1. The van der Waals surface area contributed by atoms with Crippen LogP contribution < -0.4 is 5.32 Å². The number of nitrogens with one attached hydrogen (secondary N) is 1. The van der Waals surface area contributed by atoms with E-state index in [0.717, 1.165) is 52.4 Å². The zero-order valence-corrected chi connectivity index (χ0v) is 16.4. The molecule has 0 bridgehead atoms. The molecular formula is C19H37N3O3. The molecule has 1 heterocycles. The van der Waals surface area contributed by atoms with Crippen molar-refractivity contribution in [2.45, 2.75) is 57.0 Å². The molecule has 0 aromatic carbocycles. The lowest BCUT2D eigenvalue weighted by atomic mass is 9.79. The lowest BCUT2D eigenvalue weighted by Crippen LogP contribution is -2.60. The van der Waals surface area contributed by atoms with E-state index in [4.69, 9.17) is 9.47 Å². The van der Waals surface area contributed by atoms with E-state index in [0.29, 0.717) is 0 Å². The number of likely N-dealkylation sites (N-methyl/N-ethyl adjacent to an activating group) is 1. The molecule has 0 spiro atoms. The zero-order valence-electron chi connectivity index (χ0n) is 16.4. The summed E-state index contributed by atoms with van der Waals surface area (Å²) >= 11 is 0. The average molecular weight is 356 g/mol. The van der Waals surface area contributed by atoms with Crippen molar-refractivity contribution in [1.82, 2.24) is 15.1 Å². The number of carbonyl (C=O) groups is 1. The summed E-state index contributed by atoms with van der Waals surface area (Å²) in [5.74, 6) is 0.137. The molecule has 0 radical (unpaired) electrons. The average Bonchev–Trinajstić information content (AvgIpc) is 2.67. The fourth-order valence-electron chi connectivity index (χ4n) is 4.10. The van der Waals surface area contributed by atoms with Crippen molar-refractivity contribution in [2.24, 2.45) is 0 Å². The number of carbonyl (C=O) groups excluding carboxylic acids is 1. The molecule has 1 aliphatic heterocycles. The Morgan fingerprint density at radius 1 is 1.28 bits per heavy atom. The van der Waals surface area contributed by atoms with Crippen LogP contribution in [0.5, 0.6) is 0 Å². The van der Waals surface area contributed by atoms with Crippen LogP contribution >= 0.6 is 0 Å². The Morgan fingerprint density at radius 2 is 1.96 bits per heavy atom. The zero-order chi connectivity index (χ0) is 18.1. The Bertz CT molecular complexity index is 393. The maximum atomic E-state index is 12.7. The topological polar surface area (TPSA) is 54.0 Å². The van der Waals surface area contributed by atoms with Gasteiger partial charge in [-0.3, -0.25) is 14.6 Å². The van der Waals surface area contributed by atoms with Gasteiger partial charge in [-0.2, -0.15) is 0 Å². The van der Waals surface area contributed by atoms with Crippen LogP contribution in [0, 0.1) is 0 Å². The predicted octanol–water partition coefficient (Wildman–Crippen LogP) is 1.49. The van der Waals surface area contributed by atoms with Gasteiger partial charge in [-0.25, -0.2) is 0 Å². The molecule has 1 N–H and O–H groups in total. The van der Waals surface area contributed by atoms with Crippen LogP contribution in [0.25, 0.3) is 0 Å². The van der Waals surface area contributed by atoms with E-state index in [1.54, 1.807) is 7.11 Å². The highest BCUT2D eigenvalue weighted by Gasteiger charge is 2.39. The SMILES string of the molecule is COCCCN(C)C(C)C(=O)NCC1(N2CCOCC2)CCCCC1. The summed E-state index contributed by atoms with van der Waals surface area (Å²) in [6.07, 6.45) is 7.16. The quantitative estimate of drug-likeness (QED) is 0.635. The van der Waals surface area contributed by atoms with Crippen molar-refractivity contribution in [3.8, 4) is 0 Å². The van der Waals surface area contributed by atoms with Gasteiger partial charge in [0.15, 0.2) is 0 Å². The summed E-state index contributed by atoms with van der Waals surface area (Å²) in [6.45, 7) is 7.97. The van der Waals surface area contributed by atoms with Crippen LogP contribution in [-0.4, -0.2) is 87.4 Å². The van der Waals surface area contributed by atoms with E-state index in [2.05, 4.69) is 15.1 Å². The molecule has 1 unspecified atom stereocenters. The molecule has 0 aromatic heterocycles. The van der Waals surface area contributed by atoms with Crippen molar-refractivity contribution < 1.29 is 14.3 Å². The third kappa shape index (κ3) is 5.91. The first-order valence-electron chi connectivity index (χ1n) is 9.89. The minimum absolute atomic E-state index is 0.109. The van der Waals surface area contributed by atoms with Crippen LogP contribution in [0.3, 0.4) is 0 Å². The number of rotatable bonds is 9. The van der Waals surface area contributed by atoms with Gasteiger partial charge in [-0.1, -0.05) is 19.3 Å². The van der Waals surface area contributed by atoms with Gasteiger partial charge in [0.25, 0.3) is 0 Å². The highest BCUT2D eigenvalue weighted by atomic mass is 16.5. The molecule has 1 amide bonds. The Labute approximate surface area is 153 Å². The minimum atomic E-state index is -0.109. The lowest BCUT2D eigenvalue weighted by molar-refractivity contribution is -0.126. The smallest absolute Gasteiger partial charge is 0.237 e. The highest BCUT2D eigenvalue weighted by molar-refractivity contribution is 5.81. The molecule has 1 atom stereocenters. The van der Waals surface area contributed by atoms with Crippen molar-refractivity contribution in [1.29, 1.82) is 0 Å². The number of hydrogen-bond acceptors (Lipinski definition) is 5. The van der Waals surface area contributed by atoms with Gasteiger partial charge in [0.1, 0.15) is 0 Å². The van der Waals surface area contributed by atoms with Gasteiger partial charge in [-0.15, -0.1) is 0 Å². The second-order valence-corrected chi connectivity index (χ2v) is 7.61. The maximum absolute atomic E-state index is 12.7. The van der Waals surface area contributed by atoms with Crippen molar-refractivity contribution >= 4 is 5.91 Å². The second kappa shape index (κ2) is 10.5. The Morgan fingerprint density at radius 3 is 2.60 bits per heavy atom. The monoisotopic (exact) mass is 355 g/mol. The first-order valence-corrected chi connectivity index (χ1v) is 9.89. The Balaban J connectivity index is 1.87. The van der Waals surface area contributed by atoms with Crippen molar-refractivity contribution in [2.75, 3.05) is 60.2 Å². The number of methoxy groups -OCH3 is 1. The third-order valence-electron chi connectivity index (χ3n) is 5.96. The third-order valence-corrected chi connectivity index (χ3v) is 5.96. The van der Waals surface area contributed by atoms with Gasteiger partial charge in [0, 0.05) is 45.4 Å². The highest BCUT2D eigenvalue weighted by Crippen LogP contribution is 2.33. The molecule has 1 saturated carbocycles. The summed E-state index contributed by atoms with van der Waals surface area (Å²) in [6, 6.07) is -0.109. The predicted molar refractivity (Wildman–Crippen MR) is 99.8 cm³/mol. The van der Waals surface area contributed by atoms with Gasteiger partial charge in [-0.05, 0) is 33.2 Å². The number of nitrogens with zero attached hydrogens (tertiary/aromatic N) is 2. The number of ether oxygens (including phenoxy) is 2. The van der Waals surface area contributed by atoms with E-state index < -0.39 is 0 Å². The van der Waals surface area contributed by atoms with Crippen molar-refractivity contribution in [3.05, 3.63) is 0 Å².